The highest BCUT2D eigenvalue weighted by molar-refractivity contribution is 5.82. The summed E-state index contributed by atoms with van der Waals surface area (Å²) in [6.45, 7) is 3.69. The van der Waals surface area contributed by atoms with E-state index in [1.54, 1.807) is 19.1 Å². The fourth-order valence-electron chi connectivity index (χ4n) is 1.68. The van der Waals surface area contributed by atoms with Crippen LogP contribution >= 0.6 is 0 Å². The van der Waals surface area contributed by atoms with E-state index in [1.807, 2.05) is 13.0 Å². The van der Waals surface area contributed by atoms with Crippen molar-refractivity contribution >= 4 is 10.9 Å². The van der Waals surface area contributed by atoms with Gasteiger partial charge in [0, 0.05) is 28.2 Å². The van der Waals surface area contributed by atoms with Gasteiger partial charge in [-0.2, -0.15) is 0 Å². The van der Waals surface area contributed by atoms with Gasteiger partial charge in [0.2, 0.25) is 0 Å². The van der Waals surface area contributed by atoms with Crippen molar-refractivity contribution in [2.75, 3.05) is 0 Å². The zero-order chi connectivity index (χ0) is 10.3. The Balaban J connectivity index is 2.74. The van der Waals surface area contributed by atoms with Crippen LogP contribution in [-0.2, 0) is 0 Å². The zero-order valence-corrected chi connectivity index (χ0v) is 8.26. The summed E-state index contributed by atoms with van der Waals surface area (Å²) in [5.74, 6) is -0.207. The predicted octanol–water partition coefficient (Wildman–Crippen LogP) is 2.64. The Kier molecular flexibility index (Phi) is 2.04. The lowest BCUT2D eigenvalue weighted by molar-refractivity contribution is 0.605. The second-order valence-electron chi connectivity index (χ2n) is 3.67. The van der Waals surface area contributed by atoms with E-state index in [0.29, 0.717) is 10.9 Å². The quantitative estimate of drug-likeness (QED) is 0.716. The number of aromatic amines is 1. The topological polar surface area (TPSA) is 41.8 Å². The van der Waals surface area contributed by atoms with E-state index >= 15 is 0 Å². The number of halogens is 1. The Morgan fingerprint density at radius 1 is 1.43 bits per heavy atom. The van der Waals surface area contributed by atoms with Gasteiger partial charge in [-0.25, -0.2) is 4.39 Å². The first-order chi connectivity index (χ1) is 6.59. The molecule has 0 saturated heterocycles. The number of nitrogens with two attached hydrogens (primary N) is 1. The van der Waals surface area contributed by atoms with Crippen LogP contribution in [0, 0.1) is 12.7 Å². The summed E-state index contributed by atoms with van der Waals surface area (Å²) in [5.41, 5.74) is 8.01. The minimum absolute atomic E-state index is 0.207. The van der Waals surface area contributed by atoms with E-state index in [4.69, 9.17) is 5.73 Å². The number of benzene rings is 1. The molecule has 3 N–H and O–H groups in total. The summed E-state index contributed by atoms with van der Waals surface area (Å²) in [6, 6.07) is 5.13. The van der Waals surface area contributed by atoms with Crippen LogP contribution in [0.3, 0.4) is 0 Å². The van der Waals surface area contributed by atoms with Crippen molar-refractivity contribution in [3.8, 4) is 0 Å². The number of H-pyrrole nitrogens is 1. The van der Waals surface area contributed by atoms with Crippen molar-refractivity contribution in [3.63, 3.8) is 0 Å². The molecule has 0 radical (unpaired) electrons. The van der Waals surface area contributed by atoms with Gasteiger partial charge in [-0.15, -0.1) is 0 Å². The minimum Gasteiger partial charge on any atom is -0.359 e. The van der Waals surface area contributed by atoms with E-state index < -0.39 is 0 Å². The molecule has 0 spiro atoms. The molecule has 2 rings (SSSR count). The summed E-state index contributed by atoms with van der Waals surface area (Å²) in [5, 5.41) is 0.622. The second kappa shape index (κ2) is 3.10. The summed E-state index contributed by atoms with van der Waals surface area (Å²) in [6.07, 6.45) is 0. The Morgan fingerprint density at radius 2 is 2.14 bits per heavy atom. The Labute approximate surface area is 81.9 Å². The van der Waals surface area contributed by atoms with Gasteiger partial charge < -0.3 is 10.7 Å². The largest absolute Gasteiger partial charge is 0.359 e. The number of aryl methyl sites for hydroxylation is 1. The smallest absolute Gasteiger partial charge is 0.137 e. The third-order valence-electron chi connectivity index (χ3n) is 2.39. The molecule has 1 aromatic heterocycles. The van der Waals surface area contributed by atoms with E-state index in [9.17, 15) is 4.39 Å². The maximum Gasteiger partial charge on any atom is 0.137 e. The van der Waals surface area contributed by atoms with Crippen molar-refractivity contribution in [2.24, 2.45) is 5.73 Å². The second-order valence-corrected chi connectivity index (χ2v) is 3.67. The van der Waals surface area contributed by atoms with Crippen LogP contribution in [0.15, 0.2) is 18.2 Å². The van der Waals surface area contributed by atoms with Crippen LogP contribution in [0.2, 0.25) is 0 Å². The van der Waals surface area contributed by atoms with Gasteiger partial charge in [-0.3, -0.25) is 0 Å². The first-order valence-electron chi connectivity index (χ1n) is 4.63. The third kappa shape index (κ3) is 1.30. The van der Waals surface area contributed by atoms with Crippen molar-refractivity contribution in [1.29, 1.82) is 0 Å². The Bertz CT molecular complexity index is 471. The molecule has 3 heteroatoms. The molecular weight excluding hydrogens is 179 g/mol. The summed E-state index contributed by atoms with van der Waals surface area (Å²) in [7, 11) is 0. The molecule has 0 aliphatic carbocycles. The van der Waals surface area contributed by atoms with Crippen molar-refractivity contribution < 1.29 is 4.39 Å². The highest BCUT2D eigenvalue weighted by Crippen LogP contribution is 2.24. The fraction of sp³-hybridized carbons (Fsp3) is 0.273. The van der Waals surface area contributed by atoms with Gasteiger partial charge in [0.25, 0.3) is 0 Å². The van der Waals surface area contributed by atoms with Crippen LogP contribution in [-0.4, -0.2) is 4.98 Å². The predicted molar refractivity (Wildman–Crippen MR) is 55.6 cm³/mol. The van der Waals surface area contributed by atoms with E-state index in [0.717, 1.165) is 11.2 Å². The number of aromatic nitrogens is 1. The molecule has 74 valence electrons. The molecule has 2 nitrogen and oxygen atoms in total. The van der Waals surface area contributed by atoms with Gasteiger partial charge in [-0.1, -0.05) is 6.07 Å². The lowest BCUT2D eigenvalue weighted by Gasteiger charge is -2.07. The molecule has 1 heterocycles. The number of hydrogen-bond donors (Lipinski definition) is 2. The zero-order valence-electron chi connectivity index (χ0n) is 8.26. The van der Waals surface area contributed by atoms with Gasteiger partial charge in [0.15, 0.2) is 0 Å². The van der Waals surface area contributed by atoms with Crippen molar-refractivity contribution in [2.45, 2.75) is 19.9 Å². The van der Waals surface area contributed by atoms with Crippen LogP contribution in [0.25, 0.3) is 10.9 Å². The highest BCUT2D eigenvalue weighted by Gasteiger charge is 2.11. The number of fused-ring (bicyclic) bond motifs is 1. The van der Waals surface area contributed by atoms with E-state index in [1.165, 1.54) is 0 Å². The number of nitrogens with one attached hydrogen (secondary N) is 1. The molecule has 0 saturated carbocycles. The fourth-order valence-corrected chi connectivity index (χ4v) is 1.68. The van der Waals surface area contributed by atoms with Gasteiger partial charge in [-0.05, 0) is 26.0 Å². The van der Waals surface area contributed by atoms with Crippen molar-refractivity contribution in [3.05, 3.63) is 35.3 Å². The van der Waals surface area contributed by atoms with Crippen LogP contribution in [0.5, 0.6) is 0 Å². The van der Waals surface area contributed by atoms with Crippen LogP contribution in [0.1, 0.15) is 24.2 Å². The molecular formula is C11H13FN2. The Morgan fingerprint density at radius 3 is 2.79 bits per heavy atom. The molecule has 2 aromatic rings. The van der Waals surface area contributed by atoms with Gasteiger partial charge in [0.1, 0.15) is 5.82 Å². The summed E-state index contributed by atoms with van der Waals surface area (Å²) >= 11 is 0. The lowest BCUT2D eigenvalue weighted by Crippen LogP contribution is -2.07. The standard InChI is InChI=1S/C11H13FN2/c1-6-5-9-10(14-6)4-3-8(7(2)13)11(9)12/h3-5,7,14H,13H2,1-2H3. The molecule has 0 aliphatic heterocycles. The monoisotopic (exact) mass is 192 g/mol. The molecule has 1 atom stereocenters. The normalized spacial score (nSPS) is 13.4. The van der Waals surface area contributed by atoms with E-state index in [2.05, 4.69) is 4.98 Å². The molecule has 1 aromatic carbocycles. The number of rotatable bonds is 1. The van der Waals surface area contributed by atoms with Crippen LogP contribution < -0.4 is 5.73 Å². The van der Waals surface area contributed by atoms with Gasteiger partial charge in [0.05, 0.1) is 0 Å². The van der Waals surface area contributed by atoms with Crippen LogP contribution in [0.4, 0.5) is 4.39 Å². The minimum atomic E-state index is -0.269. The first-order valence-corrected chi connectivity index (χ1v) is 4.63. The third-order valence-corrected chi connectivity index (χ3v) is 2.39. The average molecular weight is 192 g/mol. The maximum atomic E-state index is 13.8. The number of hydrogen-bond acceptors (Lipinski definition) is 1. The molecule has 0 amide bonds. The molecule has 0 bridgehead atoms. The summed E-state index contributed by atoms with van der Waals surface area (Å²) < 4.78 is 13.8. The first kappa shape index (κ1) is 9.21. The molecule has 0 aliphatic rings. The molecule has 14 heavy (non-hydrogen) atoms. The SMILES string of the molecule is Cc1cc2c(F)c(C(C)N)ccc2[nH]1. The molecule has 1 unspecified atom stereocenters. The Hall–Kier alpha value is -1.35. The van der Waals surface area contributed by atoms with Gasteiger partial charge >= 0.3 is 0 Å². The maximum absolute atomic E-state index is 13.8. The van der Waals surface area contributed by atoms with E-state index in [-0.39, 0.29) is 11.9 Å². The highest BCUT2D eigenvalue weighted by atomic mass is 19.1. The average Bonchev–Trinajstić information content (AvgIpc) is 2.46. The lowest BCUT2D eigenvalue weighted by atomic mass is 10.1. The molecule has 0 fully saturated rings. The summed E-state index contributed by atoms with van der Waals surface area (Å²) in [4.78, 5) is 3.08. The van der Waals surface area contributed by atoms with Crippen molar-refractivity contribution in [1.82, 2.24) is 4.98 Å².